The number of hydrogen-bond acceptors (Lipinski definition) is 17. The average molecular weight is 1100 g/mol. The summed E-state index contributed by atoms with van der Waals surface area (Å²) >= 11 is 0. The molecule has 6 N–H and O–H groups in total. The SMILES string of the molecule is CC/C1=C\[C@H](CO)C[C@@H](C)[C@H](O[C@H]2C[C@@H](O)[C@H](O[C@H]3C[C@@H](OC)[C@@H](O[C@H]4C[C@@H](O)[C@H](O)C(C)O4)C(C)O3)C(C)O2)[C@H](C)CCC[C@]2(C)C=C(C)[C@H](C)C[C@]23OC(=O)/C(=C(/O)[C@@]2(CC)[C@H]4[C@H](C=C(C)[C@@H]12)[C@@H](O)CC(=O)[C@@H]4C)C3=O. The van der Waals surface area contributed by atoms with E-state index in [9.17, 15) is 40.2 Å². The van der Waals surface area contributed by atoms with Gasteiger partial charge in [0.15, 0.2) is 24.5 Å². The van der Waals surface area contributed by atoms with Crippen LogP contribution in [0.3, 0.4) is 0 Å². The van der Waals surface area contributed by atoms with Gasteiger partial charge in [0.2, 0.25) is 5.78 Å². The minimum atomic E-state index is -1.62. The topological polar surface area (TPSA) is 246 Å². The molecule has 0 aromatic carbocycles. The fraction of sp³-hybridized carbons (Fsp3) is 0.820. The third-order valence-electron chi connectivity index (χ3n) is 20.3. The van der Waals surface area contributed by atoms with Gasteiger partial charge in [0.05, 0.1) is 48.8 Å². The lowest BCUT2D eigenvalue weighted by molar-refractivity contribution is -0.338. The molecule has 0 aromatic heterocycles. The van der Waals surface area contributed by atoms with E-state index in [1.54, 1.807) is 14.0 Å². The summed E-state index contributed by atoms with van der Waals surface area (Å²) in [6.45, 7) is 23.2. The van der Waals surface area contributed by atoms with Crippen LogP contribution in [0.5, 0.6) is 0 Å². The number of esters is 1. The van der Waals surface area contributed by atoms with Crippen LogP contribution in [0, 0.1) is 58.2 Å². The van der Waals surface area contributed by atoms with E-state index in [-0.39, 0.29) is 80.0 Å². The number of carbonyl (C=O) groups excluding carboxylic acids is 3. The molecule has 5 fully saturated rings. The van der Waals surface area contributed by atoms with Crippen LogP contribution in [0.15, 0.2) is 46.3 Å². The van der Waals surface area contributed by atoms with Crippen molar-refractivity contribution in [2.45, 2.75) is 245 Å². The van der Waals surface area contributed by atoms with Crippen LogP contribution in [-0.4, -0.2) is 154 Å². The largest absolute Gasteiger partial charge is 0.511 e. The quantitative estimate of drug-likeness (QED) is 0.0715. The maximum atomic E-state index is 15.7. The van der Waals surface area contributed by atoms with Crippen molar-refractivity contribution in [2.75, 3.05) is 13.7 Å². The Morgan fingerprint density at radius 2 is 1.36 bits per heavy atom. The Bertz CT molecular complexity index is 2290. The highest BCUT2D eigenvalue weighted by atomic mass is 16.7. The zero-order valence-corrected chi connectivity index (χ0v) is 48.6. The van der Waals surface area contributed by atoms with Gasteiger partial charge < -0.3 is 68.5 Å². The van der Waals surface area contributed by atoms with Crippen LogP contribution in [0.1, 0.15) is 154 Å². The van der Waals surface area contributed by atoms with Gasteiger partial charge in [0.1, 0.15) is 35.4 Å². The second-order valence-corrected chi connectivity index (χ2v) is 25.4. The molecular weight excluding hydrogens is 1000 g/mol. The van der Waals surface area contributed by atoms with E-state index >= 15 is 4.79 Å². The lowest BCUT2D eigenvalue weighted by Crippen LogP contribution is -2.57. The van der Waals surface area contributed by atoms with E-state index in [0.29, 0.717) is 32.1 Å². The highest BCUT2D eigenvalue weighted by molar-refractivity contribution is 6.26. The van der Waals surface area contributed by atoms with Crippen LogP contribution >= 0.6 is 0 Å². The van der Waals surface area contributed by atoms with Gasteiger partial charge in [-0.25, -0.2) is 4.79 Å². The molecule has 25 atom stereocenters. The Morgan fingerprint density at radius 3 is 1.97 bits per heavy atom. The summed E-state index contributed by atoms with van der Waals surface area (Å²) in [6, 6.07) is 0. The minimum Gasteiger partial charge on any atom is -0.511 e. The van der Waals surface area contributed by atoms with Gasteiger partial charge in [-0.2, -0.15) is 0 Å². The van der Waals surface area contributed by atoms with Gasteiger partial charge in [-0.3, -0.25) is 9.59 Å². The molecule has 4 saturated heterocycles. The molecule has 1 saturated carbocycles. The summed E-state index contributed by atoms with van der Waals surface area (Å²) < 4.78 is 51.0. The van der Waals surface area contributed by atoms with Crippen molar-refractivity contribution < 1.29 is 82.9 Å². The molecule has 3 unspecified atom stereocenters. The fourth-order valence-corrected chi connectivity index (χ4v) is 16.0. The standard InChI is InChI=1S/C61H94O17/c1-14-39-21-38(28-62)19-31(5)53(75-47-24-44(66)54(36(10)73-47)76-48-25-45(71-13)55(37(11)74-48)77-46-23-43(65)52(67)35(9)72-46)29(3)17-16-18-59(12)26-32(6)33(7)27-61(59)57(69)49(58(70)78-61)56(68)60(15-2)50(39)30(4)20-40-42(64)22-41(63)34(8)51(40)60/h20-21,26,29,31,33-38,40,42-48,50-55,62,64-68H,14-19,22-25,27-28H2,1-13H3/b39-21+,56-49+/t29-,31-,33-,34+,35?,36?,37?,38-,40-,42+,43-,44-,45-,46+,47+,48+,50+,51-,52-,53-,54-,55+,59-,60-,61-/m1/s1. The second-order valence-electron chi connectivity index (χ2n) is 25.4. The number of hydrogen-bond donors (Lipinski definition) is 6. The molecule has 4 aliphatic carbocycles. The number of aliphatic hydroxyl groups excluding tert-OH is 6. The van der Waals surface area contributed by atoms with Gasteiger partial charge in [-0.15, -0.1) is 0 Å². The Kier molecular flexibility index (Phi) is 18.9. The molecule has 1 spiro atoms. The molecule has 4 aliphatic heterocycles. The van der Waals surface area contributed by atoms with E-state index in [4.69, 9.17) is 37.9 Å². The normalized spacial score (nSPS) is 49.5. The highest BCUT2D eigenvalue weighted by Crippen LogP contribution is 2.64. The molecule has 0 aromatic rings. The van der Waals surface area contributed by atoms with Crippen molar-refractivity contribution in [1.29, 1.82) is 0 Å². The molecular formula is C61H94O17. The Hall–Kier alpha value is -2.91. The van der Waals surface area contributed by atoms with E-state index in [2.05, 4.69) is 26.0 Å². The first-order valence-electron chi connectivity index (χ1n) is 29.4. The van der Waals surface area contributed by atoms with Gasteiger partial charge in [0, 0.05) is 80.3 Å². The summed E-state index contributed by atoms with van der Waals surface area (Å²) in [5.41, 5.74) is -1.54. The van der Waals surface area contributed by atoms with Gasteiger partial charge in [-0.1, -0.05) is 89.8 Å². The number of methoxy groups -OCH3 is 1. The Labute approximate surface area is 462 Å². The highest BCUT2D eigenvalue weighted by Gasteiger charge is 2.67. The molecule has 17 heteroatoms. The van der Waals surface area contributed by atoms with E-state index in [0.717, 1.165) is 16.7 Å². The number of fused-ring (bicyclic) bond motifs is 4. The Balaban J connectivity index is 1.09. The van der Waals surface area contributed by atoms with Crippen molar-refractivity contribution in [1.82, 2.24) is 0 Å². The average Bonchev–Trinajstić information content (AvgIpc) is 3.88. The monoisotopic (exact) mass is 1100 g/mol. The van der Waals surface area contributed by atoms with Crippen molar-refractivity contribution in [3.05, 3.63) is 46.3 Å². The molecule has 0 amide bonds. The van der Waals surface area contributed by atoms with Crippen LogP contribution in [0.4, 0.5) is 0 Å². The first kappa shape index (κ1) is 61.2. The number of allylic oxidation sites excluding steroid dienone is 4. The Morgan fingerprint density at radius 1 is 0.744 bits per heavy atom. The molecule has 17 nitrogen and oxygen atoms in total. The van der Waals surface area contributed by atoms with Gasteiger partial charge >= 0.3 is 5.97 Å². The van der Waals surface area contributed by atoms with E-state index in [1.165, 1.54) is 0 Å². The molecule has 0 radical (unpaired) electrons. The summed E-state index contributed by atoms with van der Waals surface area (Å²) in [7, 11) is 1.57. The summed E-state index contributed by atoms with van der Waals surface area (Å²) in [4.78, 5) is 44.3. The van der Waals surface area contributed by atoms with Crippen molar-refractivity contribution >= 4 is 17.5 Å². The number of carbonyl (C=O) groups is 3. The summed E-state index contributed by atoms with van der Waals surface area (Å²) in [5.74, 6) is -5.19. The van der Waals surface area contributed by atoms with E-state index < -0.39 is 144 Å². The van der Waals surface area contributed by atoms with Crippen LogP contribution in [0.2, 0.25) is 0 Å². The second kappa shape index (κ2) is 24.1. The third kappa shape index (κ3) is 11.1. The lowest BCUT2D eigenvalue weighted by Gasteiger charge is -2.56. The lowest BCUT2D eigenvalue weighted by atomic mass is 9.47. The molecule has 440 valence electrons. The maximum Gasteiger partial charge on any atom is 0.346 e. The smallest absolute Gasteiger partial charge is 0.346 e. The van der Waals surface area contributed by atoms with Gasteiger partial charge in [0.25, 0.3) is 0 Å². The first-order valence-corrected chi connectivity index (χ1v) is 29.4. The number of Topliss-reactive ketones (excluding diaryl/α,β-unsaturated/α-hetero) is 2. The summed E-state index contributed by atoms with van der Waals surface area (Å²) in [5, 5.41) is 68.8. The van der Waals surface area contributed by atoms with Crippen LogP contribution in [-0.2, 0) is 52.3 Å². The number of ketones is 2. The molecule has 8 aliphatic rings. The van der Waals surface area contributed by atoms with E-state index in [1.807, 2.05) is 68.4 Å². The molecule has 78 heavy (non-hydrogen) atoms. The van der Waals surface area contributed by atoms with Gasteiger partial charge in [-0.05, 0) is 90.4 Å². The zero-order chi connectivity index (χ0) is 57.1. The summed E-state index contributed by atoms with van der Waals surface area (Å²) in [6.07, 6.45) is -0.691. The third-order valence-corrected chi connectivity index (χ3v) is 20.3. The molecule has 2 bridgehead atoms. The number of ether oxygens (including phenoxy) is 8. The predicted molar refractivity (Wildman–Crippen MR) is 287 cm³/mol. The number of aliphatic hydroxyl groups is 6. The number of rotatable bonds is 10. The van der Waals surface area contributed by atoms with Crippen molar-refractivity contribution in [3.63, 3.8) is 0 Å². The molecule has 8 rings (SSSR count). The zero-order valence-electron chi connectivity index (χ0n) is 48.6. The first-order chi connectivity index (χ1) is 36.8. The van der Waals surface area contributed by atoms with Crippen molar-refractivity contribution in [3.8, 4) is 0 Å². The predicted octanol–water partition coefficient (Wildman–Crippen LogP) is 7.28. The minimum absolute atomic E-state index is 0.0414. The van der Waals surface area contributed by atoms with Crippen LogP contribution < -0.4 is 0 Å². The van der Waals surface area contributed by atoms with Crippen molar-refractivity contribution in [2.24, 2.45) is 58.2 Å². The van der Waals surface area contributed by atoms with Crippen LogP contribution in [0.25, 0.3) is 0 Å². The molecule has 4 heterocycles. The maximum absolute atomic E-state index is 15.7. The fourth-order valence-electron chi connectivity index (χ4n) is 16.0.